The summed E-state index contributed by atoms with van der Waals surface area (Å²) in [5.74, 6) is 0.926. The average Bonchev–Trinajstić information content (AvgIpc) is 2.83. The highest BCUT2D eigenvalue weighted by molar-refractivity contribution is 7.89. The van der Waals surface area contributed by atoms with Gasteiger partial charge in [-0.25, -0.2) is 13.1 Å². The summed E-state index contributed by atoms with van der Waals surface area (Å²) >= 11 is 0. The zero-order valence-corrected chi connectivity index (χ0v) is 12.1. The van der Waals surface area contributed by atoms with Gasteiger partial charge in [-0.1, -0.05) is 17.3 Å². The third-order valence-corrected chi connectivity index (χ3v) is 4.18. The molecule has 2 rings (SSSR count). The molecule has 1 N–H and O–H groups in total. The number of hydrogen-bond acceptors (Lipinski definition) is 5. The minimum atomic E-state index is -3.65. The van der Waals surface area contributed by atoms with Crippen molar-refractivity contribution in [2.45, 2.75) is 25.3 Å². The van der Waals surface area contributed by atoms with Crippen LogP contribution in [0.3, 0.4) is 0 Å². The minimum absolute atomic E-state index is 0.121. The molecule has 7 heteroatoms. The van der Waals surface area contributed by atoms with Gasteiger partial charge in [0.1, 0.15) is 16.4 Å². The number of para-hydroxylation sites is 1. The summed E-state index contributed by atoms with van der Waals surface area (Å²) in [7, 11) is -3.65. The molecule has 1 heterocycles. The molecule has 0 saturated heterocycles. The number of rotatable bonds is 6. The van der Waals surface area contributed by atoms with Crippen molar-refractivity contribution in [2.75, 3.05) is 6.61 Å². The molecule has 0 unspecified atom stereocenters. The number of benzene rings is 1. The van der Waals surface area contributed by atoms with Gasteiger partial charge in [-0.2, -0.15) is 0 Å². The maximum absolute atomic E-state index is 12.3. The van der Waals surface area contributed by atoms with Crippen LogP contribution in [0, 0.1) is 6.92 Å². The molecule has 0 spiro atoms. The highest BCUT2D eigenvalue weighted by Gasteiger charge is 2.19. The van der Waals surface area contributed by atoms with Gasteiger partial charge >= 0.3 is 0 Å². The summed E-state index contributed by atoms with van der Waals surface area (Å²) in [6, 6.07) is 6.52. The Morgan fingerprint density at radius 2 is 2.10 bits per heavy atom. The summed E-state index contributed by atoms with van der Waals surface area (Å²) in [5.41, 5.74) is 0.697. The molecule has 0 radical (unpaired) electrons. The van der Waals surface area contributed by atoms with Crippen molar-refractivity contribution in [3.8, 4) is 5.75 Å². The van der Waals surface area contributed by atoms with Crippen LogP contribution < -0.4 is 9.46 Å². The van der Waals surface area contributed by atoms with Crippen LogP contribution in [0.4, 0.5) is 0 Å². The molecule has 0 fully saturated rings. The summed E-state index contributed by atoms with van der Waals surface area (Å²) in [5, 5.41) is 3.61. The van der Waals surface area contributed by atoms with Crippen LogP contribution in [0.2, 0.25) is 0 Å². The van der Waals surface area contributed by atoms with Crippen LogP contribution in [-0.4, -0.2) is 20.2 Å². The van der Waals surface area contributed by atoms with E-state index >= 15 is 0 Å². The van der Waals surface area contributed by atoms with Crippen LogP contribution in [0.25, 0.3) is 0 Å². The van der Waals surface area contributed by atoms with Crippen LogP contribution in [-0.2, 0) is 16.6 Å². The standard InChI is InChI=1S/C13H16N2O4S/c1-3-18-12-6-4-5-7-13(12)20(16,17)15-9-11-8-14-19-10(11)2/h4-8,15H,3,9H2,1-2H3. The Morgan fingerprint density at radius 1 is 1.35 bits per heavy atom. The van der Waals surface area contributed by atoms with Crippen LogP contribution in [0.5, 0.6) is 5.75 Å². The maximum Gasteiger partial charge on any atom is 0.244 e. The van der Waals surface area contributed by atoms with E-state index in [4.69, 9.17) is 9.26 Å². The Bertz CT molecular complexity index is 679. The Kier molecular flexibility index (Phi) is 4.41. The van der Waals surface area contributed by atoms with E-state index in [-0.39, 0.29) is 11.4 Å². The Morgan fingerprint density at radius 3 is 2.75 bits per heavy atom. The van der Waals surface area contributed by atoms with E-state index in [9.17, 15) is 8.42 Å². The number of nitrogens with one attached hydrogen (secondary N) is 1. The van der Waals surface area contributed by atoms with Crippen LogP contribution in [0.1, 0.15) is 18.2 Å². The minimum Gasteiger partial charge on any atom is -0.492 e. The quantitative estimate of drug-likeness (QED) is 0.880. The SMILES string of the molecule is CCOc1ccccc1S(=O)(=O)NCc1cnoc1C. The number of sulfonamides is 1. The topological polar surface area (TPSA) is 81.4 Å². The molecule has 1 aromatic heterocycles. The molecule has 1 aromatic carbocycles. The largest absolute Gasteiger partial charge is 0.492 e. The van der Waals surface area contributed by atoms with E-state index in [1.807, 2.05) is 0 Å². The predicted molar refractivity (Wildman–Crippen MR) is 72.9 cm³/mol. The number of nitrogens with zero attached hydrogens (tertiary/aromatic N) is 1. The predicted octanol–water partition coefficient (Wildman–Crippen LogP) is 1.86. The molecular formula is C13H16N2O4S. The van der Waals surface area contributed by atoms with E-state index in [2.05, 4.69) is 9.88 Å². The van der Waals surface area contributed by atoms with E-state index in [0.717, 1.165) is 0 Å². The van der Waals surface area contributed by atoms with Gasteiger partial charge in [0.2, 0.25) is 10.0 Å². The Hall–Kier alpha value is -1.86. The van der Waals surface area contributed by atoms with Gasteiger partial charge in [-0.3, -0.25) is 0 Å². The second kappa shape index (κ2) is 6.06. The van der Waals surface area contributed by atoms with Gasteiger partial charge in [0.15, 0.2) is 0 Å². The zero-order valence-electron chi connectivity index (χ0n) is 11.3. The molecule has 2 aromatic rings. The van der Waals surface area contributed by atoms with Gasteiger partial charge in [0.25, 0.3) is 0 Å². The summed E-state index contributed by atoms with van der Waals surface area (Å²) in [6.45, 7) is 4.05. The molecule has 0 amide bonds. The molecule has 0 aliphatic heterocycles. The monoisotopic (exact) mass is 296 g/mol. The first-order valence-corrected chi connectivity index (χ1v) is 7.64. The normalized spacial score (nSPS) is 11.5. The average molecular weight is 296 g/mol. The van der Waals surface area contributed by atoms with Gasteiger partial charge in [0, 0.05) is 12.1 Å². The van der Waals surface area contributed by atoms with E-state index < -0.39 is 10.0 Å². The van der Waals surface area contributed by atoms with E-state index in [1.54, 1.807) is 32.0 Å². The smallest absolute Gasteiger partial charge is 0.244 e. The van der Waals surface area contributed by atoms with Gasteiger partial charge in [-0.05, 0) is 26.0 Å². The number of aromatic nitrogens is 1. The molecule has 20 heavy (non-hydrogen) atoms. The molecule has 6 nitrogen and oxygen atoms in total. The fraction of sp³-hybridized carbons (Fsp3) is 0.308. The lowest BCUT2D eigenvalue weighted by Gasteiger charge is -2.11. The Balaban J connectivity index is 2.20. The van der Waals surface area contributed by atoms with Crippen molar-refractivity contribution in [1.29, 1.82) is 0 Å². The Labute approximate surface area is 117 Å². The third kappa shape index (κ3) is 3.17. The van der Waals surface area contributed by atoms with Crippen LogP contribution >= 0.6 is 0 Å². The van der Waals surface area contributed by atoms with Crippen molar-refractivity contribution in [3.63, 3.8) is 0 Å². The third-order valence-electron chi connectivity index (χ3n) is 2.74. The number of ether oxygens (including phenoxy) is 1. The van der Waals surface area contributed by atoms with Gasteiger partial charge < -0.3 is 9.26 Å². The zero-order chi connectivity index (χ0) is 14.6. The fourth-order valence-electron chi connectivity index (χ4n) is 1.69. The molecule has 0 aliphatic carbocycles. The molecule has 0 saturated carbocycles. The summed E-state index contributed by atoms with van der Waals surface area (Å²) in [6.07, 6.45) is 1.49. The van der Waals surface area contributed by atoms with Gasteiger partial charge in [-0.15, -0.1) is 0 Å². The van der Waals surface area contributed by atoms with Gasteiger partial charge in [0.05, 0.1) is 12.8 Å². The van der Waals surface area contributed by atoms with Crippen molar-refractivity contribution >= 4 is 10.0 Å². The van der Waals surface area contributed by atoms with Crippen molar-refractivity contribution < 1.29 is 17.7 Å². The summed E-state index contributed by atoms with van der Waals surface area (Å²) < 4.78 is 37.3. The lowest BCUT2D eigenvalue weighted by Crippen LogP contribution is -2.24. The number of aryl methyl sites for hydroxylation is 1. The lowest BCUT2D eigenvalue weighted by atomic mass is 10.3. The molecule has 0 bridgehead atoms. The first kappa shape index (κ1) is 14.5. The van der Waals surface area contributed by atoms with E-state index in [1.165, 1.54) is 12.3 Å². The van der Waals surface area contributed by atoms with Crippen molar-refractivity contribution in [1.82, 2.24) is 9.88 Å². The fourth-order valence-corrected chi connectivity index (χ4v) is 2.84. The van der Waals surface area contributed by atoms with Crippen molar-refractivity contribution in [3.05, 3.63) is 41.8 Å². The lowest BCUT2D eigenvalue weighted by molar-refractivity contribution is 0.331. The maximum atomic E-state index is 12.3. The second-order valence-electron chi connectivity index (χ2n) is 4.11. The highest BCUT2D eigenvalue weighted by atomic mass is 32.2. The molecule has 0 aliphatic rings. The summed E-state index contributed by atoms with van der Waals surface area (Å²) in [4.78, 5) is 0.121. The second-order valence-corrected chi connectivity index (χ2v) is 5.85. The first-order chi connectivity index (χ1) is 9.54. The molecule has 0 atom stereocenters. The van der Waals surface area contributed by atoms with Crippen LogP contribution in [0.15, 0.2) is 39.9 Å². The number of hydrogen-bond donors (Lipinski definition) is 1. The van der Waals surface area contributed by atoms with E-state index in [0.29, 0.717) is 23.7 Å². The highest BCUT2D eigenvalue weighted by Crippen LogP contribution is 2.23. The molecule has 108 valence electrons. The van der Waals surface area contributed by atoms with Crippen molar-refractivity contribution in [2.24, 2.45) is 0 Å². The first-order valence-electron chi connectivity index (χ1n) is 6.16. The molecular weight excluding hydrogens is 280 g/mol.